The van der Waals surface area contributed by atoms with Crippen molar-refractivity contribution in [2.75, 3.05) is 20.3 Å². The molecule has 23 heavy (non-hydrogen) atoms. The van der Waals surface area contributed by atoms with Gasteiger partial charge < -0.3 is 14.2 Å². The lowest BCUT2D eigenvalue weighted by Gasteiger charge is -2.14. The highest BCUT2D eigenvalue weighted by molar-refractivity contribution is 5.76. The Morgan fingerprint density at radius 1 is 0.913 bits per heavy atom. The first kappa shape index (κ1) is 16.9. The maximum absolute atomic E-state index is 10.8. The van der Waals surface area contributed by atoms with E-state index in [-0.39, 0.29) is 0 Å². The van der Waals surface area contributed by atoms with Crippen LogP contribution in [0.1, 0.15) is 27.0 Å². The molecule has 0 radical (unpaired) electrons. The summed E-state index contributed by atoms with van der Waals surface area (Å²) in [6, 6.07) is 9.24. The van der Waals surface area contributed by atoms with Gasteiger partial charge in [0.05, 0.1) is 7.11 Å². The summed E-state index contributed by atoms with van der Waals surface area (Å²) in [7, 11) is 1.55. The molecular weight excluding hydrogens is 292 g/mol. The molecule has 0 spiro atoms. The molecule has 0 N–H and O–H groups in total. The lowest BCUT2D eigenvalue weighted by molar-refractivity contribution is 0.112. The van der Waals surface area contributed by atoms with E-state index in [4.69, 9.17) is 14.2 Å². The zero-order chi connectivity index (χ0) is 16.8. The number of carbonyl (C=O) groups is 1. The van der Waals surface area contributed by atoms with Gasteiger partial charge in [-0.05, 0) is 61.7 Å². The molecule has 4 heteroatoms. The Kier molecular flexibility index (Phi) is 5.63. The molecule has 0 aromatic heterocycles. The molecule has 2 rings (SSSR count). The number of hydrogen-bond donors (Lipinski definition) is 0. The van der Waals surface area contributed by atoms with E-state index in [2.05, 4.69) is 19.9 Å². The van der Waals surface area contributed by atoms with Crippen molar-refractivity contribution in [2.45, 2.75) is 20.8 Å². The quantitative estimate of drug-likeness (QED) is 0.574. The van der Waals surface area contributed by atoms with E-state index < -0.39 is 0 Å². The molecule has 0 amide bonds. The number of ether oxygens (including phenoxy) is 3. The molecule has 0 bridgehead atoms. The number of aldehydes is 1. The van der Waals surface area contributed by atoms with Crippen LogP contribution in [0.15, 0.2) is 30.3 Å². The Bertz CT molecular complexity index is 692. The minimum atomic E-state index is 0.392. The van der Waals surface area contributed by atoms with Gasteiger partial charge >= 0.3 is 0 Å². The van der Waals surface area contributed by atoms with Gasteiger partial charge in [-0.2, -0.15) is 0 Å². The van der Waals surface area contributed by atoms with Gasteiger partial charge in [0.25, 0.3) is 0 Å². The van der Waals surface area contributed by atoms with E-state index in [1.807, 2.05) is 13.0 Å². The molecule has 0 unspecified atom stereocenters. The number of aryl methyl sites for hydroxylation is 2. The van der Waals surface area contributed by atoms with Gasteiger partial charge in [-0.3, -0.25) is 4.79 Å². The largest absolute Gasteiger partial charge is 0.493 e. The first-order chi connectivity index (χ1) is 11.0. The van der Waals surface area contributed by atoms with Crippen LogP contribution in [0.3, 0.4) is 0 Å². The van der Waals surface area contributed by atoms with Crippen LogP contribution in [0.2, 0.25) is 0 Å². The fourth-order valence-corrected chi connectivity index (χ4v) is 2.33. The second-order valence-corrected chi connectivity index (χ2v) is 5.43. The van der Waals surface area contributed by atoms with Crippen molar-refractivity contribution in [3.63, 3.8) is 0 Å². The van der Waals surface area contributed by atoms with E-state index in [1.165, 1.54) is 11.1 Å². The highest BCUT2D eigenvalue weighted by Gasteiger charge is 2.07. The van der Waals surface area contributed by atoms with Gasteiger partial charge in [-0.25, -0.2) is 0 Å². The van der Waals surface area contributed by atoms with Crippen LogP contribution >= 0.6 is 0 Å². The van der Waals surface area contributed by atoms with Crippen LogP contribution in [0.4, 0.5) is 0 Å². The summed E-state index contributed by atoms with van der Waals surface area (Å²) in [6.45, 7) is 7.00. The summed E-state index contributed by atoms with van der Waals surface area (Å²) in [6.07, 6.45) is 0.776. The fourth-order valence-electron chi connectivity index (χ4n) is 2.33. The third kappa shape index (κ3) is 4.25. The highest BCUT2D eigenvalue weighted by atomic mass is 16.5. The zero-order valence-electron chi connectivity index (χ0n) is 14.0. The van der Waals surface area contributed by atoms with Gasteiger partial charge in [-0.1, -0.05) is 6.07 Å². The number of rotatable bonds is 7. The molecule has 2 aromatic rings. The van der Waals surface area contributed by atoms with E-state index in [0.29, 0.717) is 30.3 Å². The van der Waals surface area contributed by atoms with Crippen molar-refractivity contribution in [2.24, 2.45) is 0 Å². The van der Waals surface area contributed by atoms with Crippen molar-refractivity contribution >= 4 is 6.29 Å². The smallest absolute Gasteiger partial charge is 0.161 e. The molecule has 0 saturated carbocycles. The molecule has 0 atom stereocenters. The topological polar surface area (TPSA) is 44.8 Å². The van der Waals surface area contributed by atoms with Crippen molar-refractivity contribution in [3.8, 4) is 17.2 Å². The Morgan fingerprint density at radius 3 is 2.26 bits per heavy atom. The SMILES string of the molecule is COc1cc(C=O)ccc1OCCOc1cc(C)cc(C)c1C. The highest BCUT2D eigenvalue weighted by Crippen LogP contribution is 2.28. The second-order valence-electron chi connectivity index (χ2n) is 5.43. The van der Waals surface area contributed by atoms with Crippen molar-refractivity contribution in [1.29, 1.82) is 0 Å². The first-order valence-electron chi connectivity index (χ1n) is 7.52. The molecule has 122 valence electrons. The summed E-state index contributed by atoms with van der Waals surface area (Å²) in [5, 5.41) is 0. The minimum absolute atomic E-state index is 0.392. The standard InChI is InChI=1S/C19H22O4/c1-13-9-14(2)15(3)18(10-13)23-8-7-22-17-6-5-16(12-20)11-19(17)21-4/h5-6,9-12H,7-8H2,1-4H3. The molecule has 0 fully saturated rings. The Balaban J connectivity index is 1.95. The van der Waals surface area contributed by atoms with Gasteiger partial charge in [0.2, 0.25) is 0 Å². The second kappa shape index (κ2) is 7.68. The third-order valence-electron chi connectivity index (χ3n) is 3.69. The maximum Gasteiger partial charge on any atom is 0.161 e. The van der Waals surface area contributed by atoms with Gasteiger partial charge in [0.15, 0.2) is 11.5 Å². The zero-order valence-corrected chi connectivity index (χ0v) is 14.0. The summed E-state index contributed by atoms with van der Waals surface area (Å²) in [5.41, 5.74) is 4.09. The van der Waals surface area contributed by atoms with E-state index in [1.54, 1.807) is 25.3 Å². The molecule has 4 nitrogen and oxygen atoms in total. The molecular formula is C19H22O4. The van der Waals surface area contributed by atoms with Crippen molar-refractivity contribution < 1.29 is 19.0 Å². The number of carbonyl (C=O) groups excluding carboxylic acids is 1. The number of hydrogen-bond acceptors (Lipinski definition) is 4. The summed E-state index contributed by atoms with van der Waals surface area (Å²) in [5.74, 6) is 2.02. The van der Waals surface area contributed by atoms with Crippen LogP contribution < -0.4 is 14.2 Å². The van der Waals surface area contributed by atoms with Crippen LogP contribution in [0.25, 0.3) is 0 Å². The normalized spacial score (nSPS) is 10.3. The summed E-state index contributed by atoms with van der Waals surface area (Å²) < 4.78 is 16.7. The van der Waals surface area contributed by atoms with Crippen LogP contribution in [-0.2, 0) is 0 Å². The van der Waals surface area contributed by atoms with Gasteiger partial charge in [0, 0.05) is 5.56 Å². The van der Waals surface area contributed by atoms with Crippen molar-refractivity contribution in [1.82, 2.24) is 0 Å². The van der Waals surface area contributed by atoms with Gasteiger partial charge in [-0.15, -0.1) is 0 Å². The Labute approximate surface area is 137 Å². The summed E-state index contributed by atoms with van der Waals surface area (Å²) in [4.78, 5) is 10.8. The van der Waals surface area contributed by atoms with E-state index >= 15 is 0 Å². The Morgan fingerprint density at radius 2 is 1.61 bits per heavy atom. The van der Waals surface area contributed by atoms with Crippen LogP contribution in [0, 0.1) is 20.8 Å². The Hall–Kier alpha value is -2.49. The molecule has 0 aliphatic carbocycles. The molecule has 0 aliphatic rings. The van der Waals surface area contributed by atoms with Crippen molar-refractivity contribution in [3.05, 3.63) is 52.6 Å². The fraction of sp³-hybridized carbons (Fsp3) is 0.316. The molecule has 2 aromatic carbocycles. The number of benzene rings is 2. The van der Waals surface area contributed by atoms with Gasteiger partial charge in [0.1, 0.15) is 25.2 Å². The maximum atomic E-state index is 10.8. The number of methoxy groups -OCH3 is 1. The molecule has 0 saturated heterocycles. The van der Waals surface area contributed by atoms with Crippen LogP contribution in [-0.4, -0.2) is 26.6 Å². The molecule has 0 heterocycles. The molecule has 0 aliphatic heterocycles. The van der Waals surface area contributed by atoms with Crippen LogP contribution in [0.5, 0.6) is 17.2 Å². The minimum Gasteiger partial charge on any atom is -0.493 e. The lowest BCUT2D eigenvalue weighted by Crippen LogP contribution is -2.10. The van der Waals surface area contributed by atoms with E-state index in [0.717, 1.165) is 17.6 Å². The predicted molar refractivity (Wildman–Crippen MR) is 90.0 cm³/mol. The monoisotopic (exact) mass is 314 g/mol. The third-order valence-corrected chi connectivity index (χ3v) is 3.69. The average Bonchev–Trinajstić information content (AvgIpc) is 2.55. The lowest BCUT2D eigenvalue weighted by atomic mass is 10.1. The predicted octanol–water partition coefficient (Wildman–Crippen LogP) is 3.89. The first-order valence-corrected chi connectivity index (χ1v) is 7.52. The summed E-state index contributed by atoms with van der Waals surface area (Å²) >= 11 is 0. The average molecular weight is 314 g/mol. The van der Waals surface area contributed by atoms with E-state index in [9.17, 15) is 4.79 Å².